The molecule has 1 nitrogen and oxygen atoms in total. The predicted molar refractivity (Wildman–Crippen MR) is 136 cm³/mol. The van der Waals surface area contributed by atoms with Crippen LogP contribution in [0.3, 0.4) is 0 Å². The van der Waals surface area contributed by atoms with Gasteiger partial charge in [-0.3, -0.25) is 0 Å². The molecule has 184 valence electrons. The van der Waals surface area contributed by atoms with Gasteiger partial charge in [0.05, 0.1) is 6.10 Å². The zero-order valence-corrected chi connectivity index (χ0v) is 23.1. The molecule has 0 N–H and O–H groups in total. The van der Waals surface area contributed by atoms with Crippen LogP contribution in [0.5, 0.6) is 0 Å². The average molecular weight is 443 g/mol. The molecule has 5 saturated carbocycles. The third-order valence-electron chi connectivity index (χ3n) is 14.2. The van der Waals surface area contributed by atoms with Crippen LogP contribution >= 0.6 is 0 Å². The van der Waals surface area contributed by atoms with Gasteiger partial charge >= 0.3 is 0 Å². The molecule has 5 fully saturated rings. The maximum absolute atomic E-state index is 6.00. The largest absolute Gasteiger partial charge is 0.381 e. The summed E-state index contributed by atoms with van der Waals surface area (Å²) in [6.07, 6.45) is 16.3. The van der Waals surface area contributed by atoms with Crippen molar-refractivity contribution in [2.24, 2.45) is 56.2 Å². The van der Waals surface area contributed by atoms with Gasteiger partial charge in [0.15, 0.2) is 0 Å². The maximum Gasteiger partial charge on any atom is 0.0602 e. The summed E-state index contributed by atoms with van der Waals surface area (Å²) >= 11 is 0. The first-order valence-corrected chi connectivity index (χ1v) is 14.3. The summed E-state index contributed by atoms with van der Waals surface area (Å²) in [6, 6.07) is 0. The number of ether oxygens (including phenoxy) is 1. The Balaban J connectivity index is 1.52. The van der Waals surface area contributed by atoms with Crippen LogP contribution in [0.2, 0.25) is 0 Å². The van der Waals surface area contributed by atoms with Crippen LogP contribution in [0.25, 0.3) is 0 Å². The molecule has 0 aromatic rings. The smallest absolute Gasteiger partial charge is 0.0602 e. The number of methoxy groups -OCH3 is 1. The molecule has 5 aliphatic carbocycles. The highest BCUT2D eigenvalue weighted by atomic mass is 16.5. The van der Waals surface area contributed by atoms with Crippen molar-refractivity contribution < 1.29 is 4.74 Å². The first kappa shape index (κ1) is 23.7. The Kier molecular flexibility index (Phi) is 5.19. The van der Waals surface area contributed by atoms with Crippen molar-refractivity contribution in [2.45, 2.75) is 132 Å². The summed E-state index contributed by atoms with van der Waals surface area (Å²) in [7, 11) is 1.95. The van der Waals surface area contributed by atoms with Crippen molar-refractivity contribution >= 4 is 0 Å². The zero-order chi connectivity index (χ0) is 23.4. The minimum atomic E-state index is 0.463. The van der Waals surface area contributed by atoms with E-state index in [4.69, 9.17) is 4.74 Å². The van der Waals surface area contributed by atoms with Crippen molar-refractivity contribution in [3.8, 4) is 0 Å². The third-order valence-corrected chi connectivity index (χ3v) is 14.2. The number of hydrogen-bond donors (Lipinski definition) is 0. The number of hydrogen-bond acceptors (Lipinski definition) is 1. The quantitative estimate of drug-likeness (QED) is 0.394. The first-order chi connectivity index (χ1) is 14.8. The molecule has 0 radical (unpaired) electrons. The topological polar surface area (TPSA) is 9.23 Å². The van der Waals surface area contributed by atoms with E-state index < -0.39 is 0 Å². The second kappa shape index (κ2) is 7.01. The maximum atomic E-state index is 6.00. The lowest BCUT2D eigenvalue weighted by Gasteiger charge is -2.75. The van der Waals surface area contributed by atoms with E-state index in [2.05, 4.69) is 55.4 Å². The fraction of sp³-hybridized carbons (Fsp3) is 1.00. The standard InChI is InChI=1S/C31H54O/c1-21-22(32-9)10-11-23-28(21,5)13-12-24-29(23,6)17-19-31(8)25-20-26(2,3)14-15-27(25,4)16-18-30(24,31)7/h21-25H,10-20H2,1-9H3/t21-,22+,23+,24-,25+,27+,28+,29-,30+,31-/m0/s1. The van der Waals surface area contributed by atoms with Gasteiger partial charge in [0.2, 0.25) is 0 Å². The fourth-order valence-electron chi connectivity index (χ4n) is 11.7. The van der Waals surface area contributed by atoms with Gasteiger partial charge < -0.3 is 4.74 Å². The Morgan fingerprint density at radius 3 is 1.91 bits per heavy atom. The fourth-order valence-corrected chi connectivity index (χ4v) is 11.7. The third kappa shape index (κ3) is 2.85. The van der Waals surface area contributed by atoms with Crippen molar-refractivity contribution in [1.82, 2.24) is 0 Å². The van der Waals surface area contributed by atoms with Crippen LogP contribution in [-0.4, -0.2) is 13.2 Å². The van der Waals surface area contributed by atoms with Crippen LogP contribution in [-0.2, 0) is 4.74 Å². The molecule has 0 aromatic heterocycles. The molecular weight excluding hydrogens is 388 g/mol. The predicted octanol–water partition coefficient (Wildman–Crippen LogP) is 8.90. The summed E-state index contributed by atoms with van der Waals surface area (Å²) in [6.45, 7) is 21.4. The SMILES string of the molecule is CO[C@@H]1CC[C@@H]2[C@](C)(CC[C@H]3[C@@]2(C)CC[C@@]2(C)[C@@H]4CC(C)(C)CC[C@]4(C)CC[C@]32C)[C@H]1C. The van der Waals surface area contributed by atoms with E-state index in [0.29, 0.717) is 44.5 Å². The molecule has 0 saturated heterocycles. The molecule has 10 atom stereocenters. The van der Waals surface area contributed by atoms with Gasteiger partial charge in [-0.2, -0.15) is 0 Å². The average Bonchev–Trinajstić information content (AvgIpc) is 2.72. The van der Waals surface area contributed by atoms with Gasteiger partial charge in [0.1, 0.15) is 0 Å². The van der Waals surface area contributed by atoms with E-state index in [1.54, 1.807) is 0 Å². The molecule has 5 rings (SSSR count). The number of rotatable bonds is 1. The summed E-state index contributed by atoms with van der Waals surface area (Å²) < 4.78 is 6.00. The van der Waals surface area contributed by atoms with Gasteiger partial charge in [-0.05, 0) is 127 Å². The molecule has 0 aliphatic heterocycles. The molecule has 0 unspecified atom stereocenters. The van der Waals surface area contributed by atoms with E-state index in [9.17, 15) is 0 Å². The van der Waals surface area contributed by atoms with Crippen molar-refractivity contribution in [1.29, 1.82) is 0 Å². The second-order valence-corrected chi connectivity index (χ2v) is 15.7. The van der Waals surface area contributed by atoms with Crippen LogP contribution in [0, 0.1) is 56.2 Å². The molecule has 0 spiro atoms. The van der Waals surface area contributed by atoms with Crippen LogP contribution < -0.4 is 0 Å². The van der Waals surface area contributed by atoms with E-state index in [1.165, 1.54) is 70.6 Å². The highest BCUT2D eigenvalue weighted by Gasteiger charge is 2.70. The van der Waals surface area contributed by atoms with E-state index in [1.807, 2.05) is 7.11 Å². The molecule has 0 heterocycles. The first-order valence-electron chi connectivity index (χ1n) is 14.3. The van der Waals surface area contributed by atoms with Crippen LogP contribution in [0.15, 0.2) is 0 Å². The van der Waals surface area contributed by atoms with Crippen molar-refractivity contribution in [3.05, 3.63) is 0 Å². The Labute approximate surface area is 200 Å². The Hall–Kier alpha value is -0.0400. The lowest BCUT2D eigenvalue weighted by atomic mass is 9.30. The van der Waals surface area contributed by atoms with Gasteiger partial charge in [-0.15, -0.1) is 0 Å². The molecule has 0 bridgehead atoms. The number of fused-ring (bicyclic) bond motifs is 7. The van der Waals surface area contributed by atoms with Gasteiger partial charge in [0.25, 0.3) is 0 Å². The van der Waals surface area contributed by atoms with Gasteiger partial charge in [-0.25, -0.2) is 0 Å². The Morgan fingerprint density at radius 1 is 0.594 bits per heavy atom. The van der Waals surface area contributed by atoms with Gasteiger partial charge in [-0.1, -0.05) is 55.4 Å². The van der Waals surface area contributed by atoms with E-state index >= 15 is 0 Å². The molecular formula is C31H54O. The van der Waals surface area contributed by atoms with Crippen molar-refractivity contribution in [2.75, 3.05) is 7.11 Å². The summed E-state index contributed by atoms with van der Waals surface area (Å²) in [5.41, 5.74) is 3.14. The highest BCUT2D eigenvalue weighted by Crippen LogP contribution is 2.78. The van der Waals surface area contributed by atoms with Crippen LogP contribution in [0.1, 0.15) is 126 Å². The van der Waals surface area contributed by atoms with Gasteiger partial charge in [0, 0.05) is 7.11 Å². The lowest BCUT2D eigenvalue weighted by molar-refractivity contribution is -0.263. The molecule has 0 amide bonds. The molecule has 32 heavy (non-hydrogen) atoms. The zero-order valence-electron chi connectivity index (χ0n) is 23.1. The highest BCUT2D eigenvalue weighted by molar-refractivity contribution is 5.19. The molecule has 1 heteroatoms. The van der Waals surface area contributed by atoms with Crippen LogP contribution in [0.4, 0.5) is 0 Å². The second-order valence-electron chi connectivity index (χ2n) is 15.7. The Morgan fingerprint density at radius 2 is 1.22 bits per heavy atom. The monoisotopic (exact) mass is 442 g/mol. The summed E-state index contributed by atoms with van der Waals surface area (Å²) in [5, 5.41) is 0. The minimum absolute atomic E-state index is 0.463. The normalized spacial score (nSPS) is 59.3. The molecule has 0 aromatic carbocycles. The lowest BCUT2D eigenvalue weighted by Crippen LogP contribution is -2.68. The molecule has 5 aliphatic rings. The van der Waals surface area contributed by atoms with Crippen molar-refractivity contribution in [3.63, 3.8) is 0 Å². The summed E-state index contributed by atoms with van der Waals surface area (Å²) in [5.74, 6) is 3.40. The summed E-state index contributed by atoms with van der Waals surface area (Å²) in [4.78, 5) is 0. The van der Waals surface area contributed by atoms with E-state index in [0.717, 1.165) is 17.8 Å². The van der Waals surface area contributed by atoms with E-state index in [-0.39, 0.29) is 0 Å². The Bertz CT molecular complexity index is 756. The minimum Gasteiger partial charge on any atom is -0.381 e.